The van der Waals surface area contributed by atoms with E-state index in [0.29, 0.717) is 5.92 Å². The maximum Gasteiger partial charge on any atom is 0.128 e. The molecule has 1 aromatic carbocycles. The molecule has 1 aliphatic carbocycles. The Kier molecular flexibility index (Phi) is 5.81. The predicted octanol–water partition coefficient (Wildman–Crippen LogP) is 5.33. The third-order valence-electron chi connectivity index (χ3n) is 3.89. The third-order valence-corrected chi connectivity index (χ3v) is 4.64. The van der Waals surface area contributed by atoms with Crippen LogP contribution in [-0.2, 0) is 4.74 Å². The second-order valence-electron chi connectivity index (χ2n) is 6.04. The molecular formula is C17H24Cl2O2. The summed E-state index contributed by atoms with van der Waals surface area (Å²) in [5.74, 6) is 1.26. The van der Waals surface area contributed by atoms with Crippen LogP contribution in [0, 0.1) is 6.92 Å². The van der Waals surface area contributed by atoms with Gasteiger partial charge in [0.1, 0.15) is 18.0 Å². The van der Waals surface area contributed by atoms with Gasteiger partial charge in [-0.15, -0.1) is 11.6 Å². The number of halogens is 2. The van der Waals surface area contributed by atoms with E-state index < -0.39 is 0 Å². The molecular weight excluding hydrogens is 307 g/mol. The zero-order valence-electron chi connectivity index (χ0n) is 13.2. The molecule has 0 saturated heterocycles. The van der Waals surface area contributed by atoms with Crippen LogP contribution in [0.4, 0.5) is 0 Å². The zero-order chi connectivity index (χ0) is 15.6. The maximum atomic E-state index is 6.30. The highest BCUT2D eigenvalue weighted by Crippen LogP contribution is 2.37. The number of hydrogen-bond donors (Lipinski definition) is 0. The Labute approximate surface area is 137 Å². The fourth-order valence-corrected chi connectivity index (χ4v) is 3.36. The maximum absolute atomic E-state index is 6.30. The fourth-order valence-electron chi connectivity index (χ4n) is 2.51. The van der Waals surface area contributed by atoms with Crippen LogP contribution < -0.4 is 4.74 Å². The van der Waals surface area contributed by atoms with Crippen molar-refractivity contribution >= 4 is 23.2 Å². The molecule has 2 rings (SSSR count). The number of hydrogen-bond acceptors (Lipinski definition) is 2. The van der Waals surface area contributed by atoms with Crippen molar-refractivity contribution in [2.75, 3.05) is 6.61 Å². The average Bonchev–Trinajstić information content (AvgIpc) is 2.40. The number of ether oxygens (including phenoxy) is 2. The molecule has 1 saturated carbocycles. The Bertz CT molecular complexity index is 488. The van der Waals surface area contributed by atoms with Crippen molar-refractivity contribution in [3.8, 4) is 5.75 Å². The highest BCUT2D eigenvalue weighted by Gasteiger charge is 2.42. The molecule has 1 aliphatic rings. The summed E-state index contributed by atoms with van der Waals surface area (Å²) in [6.45, 7) is 9.10. The first-order valence-corrected chi connectivity index (χ1v) is 8.47. The summed E-state index contributed by atoms with van der Waals surface area (Å²) >= 11 is 12.5. The Balaban J connectivity index is 2.10. The Hall–Kier alpha value is -0.440. The van der Waals surface area contributed by atoms with Crippen molar-refractivity contribution in [1.82, 2.24) is 0 Å². The Morgan fingerprint density at radius 1 is 1.33 bits per heavy atom. The van der Waals surface area contributed by atoms with Gasteiger partial charge in [0.2, 0.25) is 0 Å². The van der Waals surface area contributed by atoms with Gasteiger partial charge in [-0.1, -0.05) is 32.4 Å². The largest absolute Gasteiger partial charge is 0.487 e. The molecule has 1 aromatic rings. The lowest BCUT2D eigenvalue weighted by Crippen LogP contribution is -2.52. The number of benzene rings is 1. The van der Waals surface area contributed by atoms with Crippen LogP contribution in [-0.4, -0.2) is 24.2 Å². The monoisotopic (exact) mass is 330 g/mol. The summed E-state index contributed by atoms with van der Waals surface area (Å²) in [7, 11) is 0. The van der Waals surface area contributed by atoms with Gasteiger partial charge in [0.25, 0.3) is 0 Å². The highest BCUT2D eigenvalue weighted by molar-refractivity contribution is 6.31. The second kappa shape index (κ2) is 7.21. The number of alkyl halides is 1. The van der Waals surface area contributed by atoms with Crippen molar-refractivity contribution in [3.63, 3.8) is 0 Å². The predicted molar refractivity (Wildman–Crippen MR) is 89.0 cm³/mol. The molecule has 3 unspecified atom stereocenters. The van der Waals surface area contributed by atoms with Crippen LogP contribution in [0.3, 0.4) is 0 Å². The van der Waals surface area contributed by atoms with Gasteiger partial charge in [-0.3, -0.25) is 0 Å². The van der Waals surface area contributed by atoms with Crippen LogP contribution in [0.25, 0.3) is 0 Å². The minimum Gasteiger partial charge on any atom is -0.487 e. The molecule has 0 amide bonds. The smallest absolute Gasteiger partial charge is 0.128 e. The van der Waals surface area contributed by atoms with Crippen LogP contribution >= 0.6 is 23.2 Å². The molecule has 3 atom stereocenters. The molecule has 2 nitrogen and oxygen atoms in total. The first-order chi connectivity index (χ1) is 9.93. The van der Waals surface area contributed by atoms with E-state index in [9.17, 15) is 0 Å². The zero-order valence-corrected chi connectivity index (χ0v) is 14.7. The molecule has 1 fully saturated rings. The van der Waals surface area contributed by atoms with Gasteiger partial charge >= 0.3 is 0 Å². The van der Waals surface area contributed by atoms with E-state index in [2.05, 4.69) is 26.8 Å². The molecule has 0 spiro atoms. The normalized spacial score (nSPS) is 25.0. The van der Waals surface area contributed by atoms with Crippen molar-refractivity contribution in [1.29, 1.82) is 0 Å². The first kappa shape index (κ1) is 16.9. The van der Waals surface area contributed by atoms with Crippen molar-refractivity contribution < 1.29 is 9.47 Å². The summed E-state index contributed by atoms with van der Waals surface area (Å²) in [6.07, 6.45) is 1.85. The lowest BCUT2D eigenvalue weighted by Gasteiger charge is -2.41. The first-order valence-electron chi connectivity index (χ1n) is 7.66. The minimum atomic E-state index is -0.0100. The minimum absolute atomic E-state index is 0.0100. The lowest BCUT2D eigenvalue weighted by molar-refractivity contribution is -0.0799. The number of rotatable bonds is 6. The summed E-state index contributed by atoms with van der Waals surface area (Å²) in [5, 5.41) is 0.858. The second-order valence-corrected chi connectivity index (χ2v) is 7.01. The van der Waals surface area contributed by atoms with Gasteiger partial charge in [0, 0.05) is 18.1 Å². The van der Waals surface area contributed by atoms with Gasteiger partial charge < -0.3 is 9.47 Å². The summed E-state index contributed by atoms with van der Waals surface area (Å²) in [6, 6.07) is 4.03. The van der Waals surface area contributed by atoms with E-state index >= 15 is 0 Å². The van der Waals surface area contributed by atoms with E-state index in [-0.39, 0.29) is 17.6 Å². The summed E-state index contributed by atoms with van der Waals surface area (Å²) in [4.78, 5) is 0. The van der Waals surface area contributed by atoms with Gasteiger partial charge in [-0.2, -0.15) is 0 Å². The topological polar surface area (TPSA) is 18.5 Å². The van der Waals surface area contributed by atoms with Crippen LogP contribution in [0.5, 0.6) is 5.75 Å². The summed E-state index contributed by atoms with van der Waals surface area (Å²) < 4.78 is 11.9. The standard InChI is InChI=1S/C17H24Cl2O2/c1-5-6-20-17-14(19)9-16(17)21-15-8-12(10(2)3)13(18)7-11(15)4/h7-8,10,14,16-17H,5-6,9H2,1-4H3. The van der Waals surface area contributed by atoms with E-state index in [1.807, 2.05) is 13.0 Å². The molecule has 0 aromatic heterocycles. The van der Waals surface area contributed by atoms with E-state index in [0.717, 1.165) is 41.3 Å². The van der Waals surface area contributed by atoms with E-state index in [4.69, 9.17) is 32.7 Å². The van der Waals surface area contributed by atoms with Gasteiger partial charge in [0.15, 0.2) is 0 Å². The fraction of sp³-hybridized carbons (Fsp3) is 0.647. The van der Waals surface area contributed by atoms with Crippen LogP contribution in [0.1, 0.15) is 50.7 Å². The molecule has 0 aliphatic heterocycles. The van der Waals surface area contributed by atoms with E-state index in [1.54, 1.807) is 0 Å². The molecule has 21 heavy (non-hydrogen) atoms. The van der Waals surface area contributed by atoms with Crippen molar-refractivity contribution in [2.24, 2.45) is 0 Å². The van der Waals surface area contributed by atoms with Gasteiger partial charge in [0.05, 0.1) is 5.38 Å². The Morgan fingerprint density at radius 3 is 2.62 bits per heavy atom. The summed E-state index contributed by atoms with van der Waals surface area (Å²) in [5.41, 5.74) is 2.17. The average molecular weight is 331 g/mol. The molecule has 118 valence electrons. The third kappa shape index (κ3) is 3.85. The molecule has 0 N–H and O–H groups in total. The number of aryl methyl sites for hydroxylation is 1. The van der Waals surface area contributed by atoms with Crippen molar-refractivity contribution in [3.05, 3.63) is 28.3 Å². The SMILES string of the molecule is CCCOC1C(Cl)CC1Oc1cc(C(C)C)c(Cl)cc1C. The highest BCUT2D eigenvalue weighted by atomic mass is 35.5. The Morgan fingerprint density at radius 2 is 2.05 bits per heavy atom. The van der Waals surface area contributed by atoms with Crippen molar-refractivity contribution in [2.45, 2.75) is 64.0 Å². The molecule has 0 radical (unpaired) electrons. The lowest BCUT2D eigenvalue weighted by atomic mass is 9.90. The van der Waals surface area contributed by atoms with Crippen LogP contribution in [0.15, 0.2) is 12.1 Å². The molecule has 4 heteroatoms. The quantitative estimate of drug-likeness (QED) is 0.656. The molecule has 0 bridgehead atoms. The van der Waals surface area contributed by atoms with Gasteiger partial charge in [-0.05, 0) is 42.5 Å². The van der Waals surface area contributed by atoms with E-state index in [1.165, 1.54) is 0 Å². The molecule has 0 heterocycles. The van der Waals surface area contributed by atoms with Gasteiger partial charge in [-0.25, -0.2) is 0 Å². The van der Waals surface area contributed by atoms with Crippen LogP contribution in [0.2, 0.25) is 5.02 Å².